The number of ether oxygens (including phenoxy) is 3. The molecule has 36 heavy (non-hydrogen) atoms. The van der Waals surface area contributed by atoms with E-state index in [2.05, 4.69) is 52.0 Å². The van der Waals surface area contributed by atoms with Gasteiger partial charge in [0.05, 0.1) is 24.3 Å². The number of esters is 1. The normalized spacial score (nSPS) is 10.8. The summed E-state index contributed by atoms with van der Waals surface area (Å²) in [4.78, 5) is 24.2. The molecule has 1 amide bonds. The molecule has 1 N–H and O–H groups in total. The van der Waals surface area contributed by atoms with Crippen LogP contribution < -0.4 is 14.8 Å². The van der Waals surface area contributed by atoms with Crippen molar-refractivity contribution >= 4 is 39.6 Å². The Morgan fingerprint density at radius 2 is 1.75 bits per heavy atom. The first-order valence-electron chi connectivity index (χ1n) is 10.9. The van der Waals surface area contributed by atoms with E-state index in [9.17, 15) is 14.9 Å². The zero-order valence-electron chi connectivity index (χ0n) is 20.3. The van der Waals surface area contributed by atoms with Crippen LogP contribution in [0.2, 0.25) is 0 Å². The minimum Gasteiger partial charge on any atom is -0.493 e. The number of hydrogen-bond donors (Lipinski definition) is 1. The van der Waals surface area contributed by atoms with Crippen LogP contribution in [0.1, 0.15) is 32.6 Å². The highest BCUT2D eigenvalue weighted by Gasteiger charge is 2.15. The molecule has 0 heterocycles. The fourth-order valence-corrected chi connectivity index (χ4v) is 3.91. The fraction of sp³-hybridized carbons (Fsp3) is 0.179. The molecule has 0 radical (unpaired) electrons. The monoisotopic (exact) mass is 548 g/mol. The number of nitrogens with zero attached hydrogens (tertiary/aromatic N) is 1. The molecule has 0 aliphatic rings. The van der Waals surface area contributed by atoms with Crippen molar-refractivity contribution in [1.82, 2.24) is 0 Å². The van der Waals surface area contributed by atoms with Gasteiger partial charge in [0.15, 0.2) is 11.5 Å². The van der Waals surface area contributed by atoms with Crippen LogP contribution in [-0.4, -0.2) is 26.1 Å². The number of halogens is 1. The van der Waals surface area contributed by atoms with Gasteiger partial charge in [-0.25, -0.2) is 4.79 Å². The maximum atomic E-state index is 12.7. The zero-order chi connectivity index (χ0) is 26.2. The van der Waals surface area contributed by atoms with Crippen molar-refractivity contribution in [3.63, 3.8) is 0 Å². The van der Waals surface area contributed by atoms with E-state index in [1.165, 1.54) is 43.6 Å². The summed E-state index contributed by atoms with van der Waals surface area (Å²) in [5, 5.41) is 12.2. The number of benzene rings is 3. The third-order valence-electron chi connectivity index (χ3n) is 5.45. The predicted molar refractivity (Wildman–Crippen MR) is 141 cm³/mol. The molecule has 0 spiro atoms. The number of carbonyl (C=O) groups excluding carboxylic acids is 2. The van der Waals surface area contributed by atoms with Gasteiger partial charge in [-0.1, -0.05) is 18.2 Å². The Balaban J connectivity index is 1.78. The Morgan fingerprint density at radius 1 is 1.03 bits per heavy atom. The van der Waals surface area contributed by atoms with Crippen molar-refractivity contribution in [3.05, 3.63) is 92.5 Å². The Morgan fingerprint density at radius 3 is 2.36 bits per heavy atom. The van der Waals surface area contributed by atoms with E-state index in [-0.39, 0.29) is 5.57 Å². The van der Waals surface area contributed by atoms with E-state index in [4.69, 9.17) is 9.47 Å². The Bertz CT molecular complexity index is 1360. The summed E-state index contributed by atoms with van der Waals surface area (Å²) in [6, 6.07) is 17.7. The molecular weight excluding hydrogens is 524 g/mol. The van der Waals surface area contributed by atoms with E-state index < -0.39 is 11.9 Å². The van der Waals surface area contributed by atoms with Gasteiger partial charge >= 0.3 is 5.97 Å². The topological polar surface area (TPSA) is 97.7 Å². The number of nitriles is 1. The molecule has 3 rings (SSSR count). The lowest BCUT2D eigenvalue weighted by Gasteiger charge is -2.14. The van der Waals surface area contributed by atoms with Gasteiger partial charge in [-0.15, -0.1) is 0 Å². The van der Waals surface area contributed by atoms with E-state index >= 15 is 0 Å². The standard InChI is InChI=1S/C28H25BrN2O5/c1-17-5-6-19(11-18(17)2)16-36-26-24(29)13-20(14-25(26)34-3)12-22(15-30)27(32)31-23-9-7-21(8-10-23)28(33)35-4/h5-14H,16H2,1-4H3,(H,31,32)/b22-12+. The van der Waals surface area contributed by atoms with E-state index in [1.54, 1.807) is 24.3 Å². The molecule has 0 saturated heterocycles. The van der Waals surface area contributed by atoms with Crippen LogP contribution in [0.5, 0.6) is 11.5 Å². The molecule has 0 unspecified atom stereocenters. The summed E-state index contributed by atoms with van der Waals surface area (Å²) in [6.07, 6.45) is 1.46. The SMILES string of the molecule is COC(=O)c1ccc(NC(=O)/C(C#N)=C/c2cc(Br)c(OCc3ccc(C)c(C)c3)c(OC)c2)cc1. The largest absolute Gasteiger partial charge is 0.493 e. The average Bonchev–Trinajstić information content (AvgIpc) is 2.88. The lowest BCUT2D eigenvalue weighted by atomic mass is 10.1. The predicted octanol–water partition coefficient (Wildman–Crippen LogP) is 5.99. The summed E-state index contributed by atoms with van der Waals surface area (Å²) in [6.45, 7) is 4.46. The number of carbonyl (C=O) groups is 2. The molecule has 0 aromatic heterocycles. The van der Waals surface area contributed by atoms with Crippen LogP contribution in [-0.2, 0) is 16.1 Å². The van der Waals surface area contributed by atoms with Crippen molar-refractivity contribution in [3.8, 4) is 17.6 Å². The summed E-state index contributed by atoms with van der Waals surface area (Å²) in [5.41, 5.74) is 4.67. The Hall–Kier alpha value is -4.09. The third-order valence-corrected chi connectivity index (χ3v) is 6.04. The second-order valence-corrected chi connectivity index (χ2v) is 8.79. The zero-order valence-corrected chi connectivity index (χ0v) is 21.9. The molecule has 0 aliphatic heterocycles. The lowest BCUT2D eigenvalue weighted by molar-refractivity contribution is -0.112. The second kappa shape index (κ2) is 12.0. The highest BCUT2D eigenvalue weighted by atomic mass is 79.9. The number of amides is 1. The summed E-state index contributed by atoms with van der Waals surface area (Å²) < 4.78 is 16.8. The smallest absolute Gasteiger partial charge is 0.337 e. The number of hydrogen-bond acceptors (Lipinski definition) is 6. The van der Waals surface area contributed by atoms with Crippen LogP contribution in [0, 0.1) is 25.2 Å². The van der Waals surface area contributed by atoms with Crippen LogP contribution in [0.15, 0.2) is 64.6 Å². The van der Waals surface area contributed by atoms with Gasteiger partial charge in [-0.05, 0) is 94.5 Å². The number of nitrogens with one attached hydrogen (secondary N) is 1. The molecule has 0 aliphatic carbocycles. The van der Waals surface area contributed by atoms with Crippen molar-refractivity contribution < 1.29 is 23.8 Å². The fourth-order valence-electron chi connectivity index (χ4n) is 3.33. The van der Waals surface area contributed by atoms with Gasteiger partial charge in [0, 0.05) is 5.69 Å². The van der Waals surface area contributed by atoms with Crippen LogP contribution >= 0.6 is 15.9 Å². The Labute approximate surface area is 218 Å². The molecule has 3 aromatic rings. The molecule has 8 heteroatoms. The minimum absolute atomic E-state index is 0.107. The van der Waals surface area contributed by atoms with Crippen LogP contribution in [0.25, 0.3) is 6.08 Å². The molecule has 0 fully saturated rings. The molecule has 0 saturated carbocycles. The average molecular weight is 549 g/mol. The summed E-state index contributed by atoms with van der Waals surface area (Å²) in [7, 11) is 2.81. The minimum atomic E-state index is -0.589. The molecule has 184 valence electrons. The first kappa shape index (κ1) is 26.5. The maximum absolute atomic E-state index is 12.7. The van der Waals surface area contributed by atoms with Gasteiger partial charge in [-0.2, -0.15) is 5.26 Å². The molecule has 0 bridgehead atoms. The van der Waals surface area contributed by atoms with E-state index in [0.717, 1.165) is 5.56 Å². The summed E-state index contributed by atoms with van der Waals surface area (Å²) >= 11 is 3.51. The number of methoxy groups -OCH3 is 2. The van der Waals surface area contributed by atoms with Gasteiger partial charge < -0.3 is 19.5 Å². The number of aryl methyl sites for hydroxylation is 2. The first-order chi connectivity index (χ1) is 17.2. The highest BCUT2D eigenvalue weighted by Crippen LogP contribution is 2.38. The first-order valence-corrected chi connectivity index (χ1v) is 11.7. The number of rotatable bonds is 8. The maximum Gasteiger partial charge on any atom is 0.337 e. The van der Waals surface area contributed by atoms with Crippen molar-refractivity contribution in [2.24, 2.45) is 0 Å². The van der Waals surface area contributed by atoms with Gasteiger partial charge in [0.1, 0.15) is 18.2 Å². The lowest BCUT2D eigenvalue weighted by Crippen LogP contribution is -2.13. The quantitative estimate of drug-likeness (QED) is 0.211. The van der Waals surface area contributed by atoms with Gasteiger partial charge in [-0.3, -0.25) is 4.79 Å². The van der Waals surface area contributed by atoms with Crippen molar-refractivity contribution in [2.75, 3.05) is 19.5 Å². The van der Waals surface area contributed by atoms with Crippen molar-refractivity contribution in [2.45, 2.75) is 20.5 Å². The van der Waals surface area contributed by atoms with Crippen LogP contribution in [0.3, 0.4) is 0 Å². The molecule has 0 atom stereocenters. The van der Waals surface area contributed by atoms with Crippen molar-refractivity contribution in [1.29, 1.82) is 5.26 Å². The Kier molecular flexibility index (Phi) is 8.87. The summed E-state index contributed by atoms with van der Waals surface area (Å²) in [5.74, 6) is -0.100. The highest BCUT2D eigenvalue weighted by molar-refractivity contribution is 9.10. The van der Waals surface area contributed by atoms with E-state index in [0.29, 0.717) is 39.4 Å². The van der Waals surface area contributed by atoms with E-state index in [1.807, 2.05) is 12.1 Å². The molecular formula is C28H25BrN2O5. The molecule has 7 nitrogen and oxygen atoms in total. The second-order valence-electron chi connectivity index (χ2n) is 7.93. The van der Waals surface area contributed by atoms with Gasteiger partial charge in [0.2, 0.25) is 0 Å². The van der Waals surface area contributed by atoms with Crippen LogP contribution in [0.4, 0.5) is 5.69 Å². The molecule has 3 aromatic carbocycles. The third kappa shape index (κ3) is 6.52. The number of anilines is 1. The van der Waals surface area contributed by atoms with Gasteiger partial charge in [0.25, 0.3) is 5.91 Å².